The molecular formula is C71H79NO19. The summed E-state index contributed by atoms with van der Waals surface area (Å²) in [5.41, 5.74) is -7.32. The summed E-state index contributed by atoms with van der Waals surface area (Å²) in [7, 11) is 0. The highest BCUT2D eigenvalue weighted by Crippen LogP contribution is 2.85. The maximum Gasteiger partial charge on any atom is 0.338 e. The molecular weight excluding hydrogens is 1170 g/mol. The molecule has 5 saturated carbocycles. The maximum absolute atomic E-state index is 16.2. The van der Waals surface area contributed by atoms with Crippen molar-refractivity contribution >= 4 is 41.5 Å². The quantitative estimate of drug-likeness (QED) is 0.0603. The number of hydrogen-bond donors (Lipinski definition) is 3. The number of epoxide rings is 3. The summed E-state index contributed by atoms with van der Waals surface area (Å²) in [6.45, 7) is 15.2. The number of aliphatic hydroxyl groups is 2. The number of nitrogens with one attached hydrogen (secondary N) is 1. The highest BCUT2D eigenvalue weighted by molar-refractivity contribution is 5.97. The zero-order valence-corrected chi connectivity index (χ0v) is 52.6. The van der Waals surface area contributed by atoms with Gasteiger partial charge in [-0.1, -0.05) is 101 Å². The Morgan fingerprint density at radius 3 is 2.12 bits per heavy atom. The van der Waals surface area contributed by atoms with Crippen LogP contribution in [0.1, 0.15) is 140 Å². The fourth-order valence-electron chi connectivity index (χ4n) is 19.8. The Kier molecular flexibility index (Phi) is 13.6. The molecule has 4 saturated heterocycles. The Morgan fingerprint density at radius 1 is 0.791 bits per heavy atom. The van der Waals surface area contributed by atoms with E-state index in [0.717, 1.165) is 30.9 Å². The average Bonchev–Trinajstić information content (AvgIpc) is 1.42. The van der Waals surface area contributed by atoms with Crippen LogP contribution in [0.3, 0.4) is 0 Å². The number of ketones is 1. The first kappa shape index (κ1) is 60.6. The molecule has 2 spiro atoms. The lowest BCUT2D eigenvalue weighted by atomic mass is 9.44. The number of amides is 1. The lowest BCUT2D eigenvalue weighted by molar-refractivity contribution is -0.346. The molecule has 3 aromatic rings. The first-order chi connectivity index (χ1) is 43.2. The van der Waals surface area contributed by atoms with Gasteiger partial charge in [0.15, 0.2) is 23.6 Å². The van der Waals surface area contributed by atoms with Gasteiger partial charge in [0.2, 0.25) is 0 Å². The van der Waals surface area contributed by atoms with E-state index in [1.807, 2.05) is 6.07 Å². The molecule has 7 aliphatic carbocycles. The van der Waals surface area contributed by atoms with Gasteiger partial charge in [0.05, 0.1) is 47.9 Å². The van der Waals surface area contributed by atoms with Crippen LogP contribution >= 0.6 is 0 Å². The van der Waals surface area contributed by atoms with Gasteiger partial charge in [-0.25, -0.2) is 14.4 Å². The van der Waals surface area contributed by atoms with Gasteiger partial charge in [0, 0.05) is 54.6 Å². The molecule has 22 unspecified atom stereocenters. The predicted octanol–water partition coefficient (Wildman–Crippen LogP) is 6.91. The van der Waals surface area contributed by atoms with Crippen LogP contribution in [-0.4, -0.2) is 154 Å². The van der Waals surface area contributed by atoms with Crippen LogP contribution in [0.4, 0.5) is 0 Å². The molecule has 5 heterocycles. The number of cyclic esters (lactones) is 1. The molecule has 0 aromatic heterocycles. The molecule has 0 radical (unpaired) electrons. The van der Waals surface area contributed by atoms with Crippen molar-refractivity contribution in [1.82, 2.24) is 5.32 Å². The van der Waals surface area contributed by atoms with Gasteiger partial charge in [-0.15, -0.1) is 0 Å². The molecule has 91 heavy (non-hydrogen) atoms. The summed E-state index contributed by atoms with van der Waals surface area (Å²) in [6, 6.07) is 24.3. The van der Waals surface area contributed by atoms with Crippen molar-refractivity contribution in [1.29, 1.82) is 0 Å². The number of carbonyl (C=O) groups excluding carboxylic acids is 7. The molecule has 20 nitrogen and oxygen atoms in total. The second kappa shape index (κ2) is 20.4. The molecule has 15 rings (SSSR count). The zero-order valence-electron chi connectivity index (χ0n) is 52.6. The lowest BCUT2D eigenvalue weighted by Gasteiger charge is -2.67. The number of ether oxygens (including phenoxy) is 10. The summed E-state index contributed by atoms with van der Waals surface area (Å²) < 4.78 is 66.0. The van der Waals surface area contributed by atoms with Crippen molar-refractivity contribution in [3.63, 3.8) is 0 Å². The number of Topliss-reactive ketones (excluding diaryl/α,β-unsaturated/α-hetero) is 1. The monoisotopic (exact) mass is 1250 g/mol. The van der Waals surface area contributed by atoms with Gasteiger partial charge >= 0.3 is 29.8 Å². The smallest absolute Gasteiger partial charge is 0.338 e. The standard InChI is InChI=1S/C71H79NO19/c1-34(2)69-47(70-50(89-70)29-44-43-32-82-62(79)42(43)25-26-65(44,8)71(70)59(91-71)58(69)90-69)28-41-27-45(41)85-54(52(38-19-13-10-14-20-38)72-60(77)39-21-15-11-16-22-39)63(80)86-46-31-68(81)57(87-61(78)40-23-17-12-18-24-40)55-66(9,48(75)30-49-67(55,33-83-49)88-37(5)74)56(76)53(84-36(4)73)51(35(46)3)64(68,6)7/h10-24,34,41,44-50,52-55,57-59,75,81H,25-33H2,1-9H3,(H,72,77). The number of esters is 5. The number of benzene rings is 3. The normalized spacial score (nSPS) is 42.6. The third-order valence-corrected chi connectivity index (χ3v) is 24.5. The number of carbonyl (C=O) groups is 7. The van der Waals surface area contributed by atoms with Gasteiger partial charge in [0.25, 0.3) is 5.91 Å². The number of hydrogen-bond acceptors (Lipinski definition) is 19. The van der Waals surface area contributed by atoms with E-state index in [1.165, 1.54) is 26.0 Å². The Bertz CT molecular complexity index is 3660. The molecule has 482 valence electrons. The van der Waals surface area contributed by atoms with Gasteiger partial charge < -0.3 is 62.9 Å². The highest BCUT2D eigenvalue weighted by Gasteiger charge is 3.00. The summed E-state index contributed by atoms with van der Waals surface area (Å²) in [5, 5.41) is 29.9. The summed E-state index contributed by atoms with van der Waals surface area (Å²) in [4.78, 5) is 102. The second-order valence-electron chi connectivity index (χ2n) is 29.3. The fraction of sp³-hybridized carbons (Fsp3) is 0.592. The van der Waals surface area contributed by atoms with Gasteiger partial charge in [-0.2, -0.15) is 0 Å². The van der Waals surface area contributed by atoms with Crippen molar-refractivity contribution in [2.45, 2.75) is 202 Å². The van der Waals surface area contributed by atoms with Gasteiger partial charge in [0.1, 0.15) is 59.5 Å². The van der Waals surface area contributed by atoms with E-state index in [9.17, 15) is 34.2 Å². The van der Waals surface area contributed by atoms with Crippen molar-refractivity contribution in [2.24, 2.45) is 45.8 Å². The SMILES string of the molecule is CC(=O)OC1C(=O)C2(C)C(O)CC3OCC3(OC(C)=O)C2C(OC(=O)c2ccccc2)C2(O)CC(OC(=O)C(OC3CC3CC3C4(C(C)C)OC4C4OC45C4(C)CCC6=C(COC6=O)C4CC4OC435)C(NC(=O)c3ccccc3)c3ccccc3)C(C)=C1C2(C)C. The molecule has 5 aliphatic heterocycles. The number of fused-ring (bicyclic) bond motifs is 9. The van der Waals surface area contributed by atoms with Crippen LogP contribution in [0.25, 0.3) is 0 Å². The van der Waals surface area contributed by atoms with Crippen molar-refractivity contribution in [3.8, 4) is 0 Å². The zero-order chi connectivity index (χ0) is 64.1. The Morgan fingerprint density at radius 2 is 1.47 bits per heavy atom. The minimum Gasteiger partial charge on any atom is -0.458 e. The average molecular weight is 1250 g/mol. The van der Waals surface area contributed by atoms with Crippen LogP contribution in [0, 0.1) is 45.8 Å². The van der Waals surface area contributed by atoms with Crippen molar-refractivity contribution in [3.05, 3.63) is 130 Å². The molecule has 3 N–H and O–H groups in total. The molecule has 9 fully saturated rings. The number of rotatable bonds is 15. The van der Waals surface area contributed by atoms with Crippen LogP contribution in [-0.2, 0) is 71.3 Å². The van der Waals surface area contributed by atoms with E-state index in [0.29, 0.717) is 30.4 Å². The van der Waals surface area contributed by atoms with Crippen LogP contribution in [0.5, 0.6) is 0 Å². The molecule has 22 atom stereocenters. The second-order valence-corrected chi connectivity index (χ2v) is 29.3. The maximum atomic E-state index is 16.2. The highest BCUT2D eigenvalue weighted by atomic mass is 16.7. The molecule has 2 bridgehead atoms. The summed E-state index contributed by atoms with van der Waals surface area (Å²) >= 11 is 0. The van der Waals surface area contributed by atoms with Gasteiger partial charge in [-0.3, -0.25) is 19.2 Å². The molecule has 20 heteroatoms. The minimum atomic E-state index is -2.43. The topological polar surface area (TPSA) is 274 Å². The summed E-state index contributed by atoms with van der Waals surface area (Å²) in [5.74, 6) is -6.88. The van der Waals surface area contributed by atoms with E-state index < -0.39 is 136 Å². The largest absolute Gasteiger partial charge is 0.458 e. The van der Waals surface area contributed by atoms with E-state index in [4.69, 9.17) is 47.4 Å². The first-order valence-electron chi connectivity index (χ1n) is 32.3. The van der Waals surface area contributed by atoms with E-state index in [1.54, 1.807) is 93.6 Å². The first-order valence-corrected chi connectivity index (χ1v) is 32.3. The van der Waals surface area contributed by atoms with Crippen LogP contribution in [0.2, 0.25) is 0 Å². The van der Waals surface area contributed by atoms with Crippen LogP contribution < -0.4 is 5.32 Å². The molecule has 3 aromatic carbocycles. The van der Waals surface area contributed by atoms with Crippen LogP contribution in [0.15, 0.2) is 113 Å². The van der Waals surface area contributed by atoms with Crippen molar-refractivity contribution in [2.75, 3.05) is 13.2 Å². The van der Waals surface area contributed by atoms with E-state index >= 15 is 9.59 Å². The molecule has 1 amide bonds. The predicted molar refractivity (Wildman–Crippen MR) is 318 cm³/mol. The Balaban J connectivity index is 0.816. The van der Waals surface area contributed by atoms with E-state index in [-0.39, 0.29) is 89.7 Å². The third-order valence-electron chi connectivity index (χ3n) is 24.5. The Labute approximate surface area is 527 Å². The minimum absolute atomic E-state index is 0.0299. The summed E-state index contributed by atoms with van der Waals surface area (Å²) in [6.07, 6.45) is -8.11. The number of aliphatic hydroxyl groups excluding tert-OH is 1. The Hall–Kier alpha value is -6.65. The molecule has 12 aliphatic rings. The third kappa shape index (κ3) is 8.26. The lowest BCUT2D eigenvalue weighted by Crippen LogP contribution is -2.82. The van der Waals surface area contributed by atoms with Crippen molar-refractivity contribution < 1.29 is 91.1 Å². The van der Waals surface area contributed by atoms with Gasteiger partial charge in [-0.05, 0) is 110 Å². The fourth-order valence-corrected chi connectivity index (χ4v) is 19.8. The van der Waals surface area contributed by atoms with E-state index in [2.05, 4.69) is 26.1 Å².